The molecule has 0 fully saturated rings. The number of ether oxygens (including phenoxy) is 4. The number of nitrogens with zero attached hydrogens (tertiary/aromatic N) is 1. The number of rotatable bonds is 11. The van der Waals surface area contributed by atoms with Gasteiger partial charge in [0.05, 0.1) is 19.1 Å². The molecule has 0 spiro atoms. The molecule has 1 aromatic heterocycles. The van der Waals surface area contributed by atoms with Crippen LogP contribution in [0.4, 0.5) is 0 Å². The number of halogens is 1. The van der Waals surface area contributed by atoms with E-state index in [1.54, 1.807) is 25.6 Å². The van der Waals surface area contributed by atoms with Gasteiger partial charge in [0.15, 0.2) is 5.75 Å². The van der Waals surface area contributed by atoms with Gasteiger partial charge in [0, 0.05) is 16.6 Å². The molecular weight excluding hydrogens is 482 g/mol. The van der Waals surface area contributed by atoms with Crippen LogP contribution in [0.5, 0.6) is 28.7 Å². The highest BCUT2D eigenvalue weighted by molar-refractivity contribution is 7.22. The number of hydrogen-bond acceptors (Lipinski definition) is 6. The third kappa shape index (κ3) is 6.40. The highest BCUT2D eigenvalue weighted by Gasteiger charge is 2.17. The lowest BCUT2D eigenvalue weighted by atomic mass is 10.1. The fourth-order valence-electron chi connectivity index (χ4n) is 3.77. The summed E-state index contributed by atoms with van der Waals surface area (Å²) in [4.78, 5) is 3.40. The third-order valence-corrected chi connectivity index (χ3v) is 7.00. The minimum absolute atomic E-state index is 0. The highest BCUT2D eigenvalue weighted by Crippen LogP contribution is 2.47. The standard InChI is InChI=1S/C28H31NO4S.ClH/c1-5-29(6-2)17-18-32-22-11-13-23(14-12-22)33-27-25-16-15-24(31-4)19-26(25)34-28(27)20-7-9-21(30-3)10-8-20;/h7-16,19H,5-6,17-18H2,1-4H3;1H. The van der Waals surface area contributed by atoms with E-state index in [2.05, 4.69) is 36.9 Å². The van der Waals surface area contributed by atoms with Crippen molar-refractivity contribution >= 4 is 33.8 Å². The topological polar surface area (TPSA) is 40.2 Å². The molecule has 5 nitrogen and oxygen atoms in total. The van der Waals surface area contributed by atoms with Crippen LogP contribution in [0.2, 0.25) is 0 Å². The van der Waals surface area contributed by atoms with E-state index in [9.17, 15) is 0 Å². The molecule has 3 aromatic carbocycles. The zero-order valence-corrected chi connectivity index (χ0v) is 22.2. The Bertz CT molecular complexity index is 1200. The van der Waals surface area contributed by atoms with E-state index in [0.717, 1.165) is 68.9 Å². The van der Waals surface area contributed by atoms with E-state index in [1.807, 2.05) is 48.5 Å². The molecule has 7 heteroatoms. The molecule has 0 saturated carbocycles. The zero-order valence-electron chi connectivity index (χ0n) is 20.6. The maximum absolute atomic E-state index is 6.45. The lowest BCUT2D eigenvalue weighted by Gasteiger charge is -2.18. The summed E-state index contributed by atoms with van der Waals surface area (Å²) in [7, 11) is 3.36. The monoisotopic (exact) mass is 513 g/mol. The Labute approximate surface area is 217 Å². The Balaban J connectivity index is 0.00000342. The van der Waals surface area contributed by atoms with Gasteiger partial charge in [0.2, 0.25) is 0 Å². The Morgan fingerprint density at radius 1 is 0.743 bits per heavy atom. The molecule has 35 heavy (non-hydrogen) atoms. The minimum atomic E-state index is 0. The first-order valence-corrected chi connectivity index (χ1v) is 12.3. The van der Waals surface area contributed by atoms with Crippen LogP contribution in [0, 0.1) is 0 Å². The van der Waals surface area contributed by atoms with Crippen molar-refractivity contribution in [2.75, 3.05) is 40.5 Å². The van der Waals surface area contributed by atoms with E-state index in [1.165, 1.54) is 0 Å². The molecule has 0 atom stereocenters. The molecule has 4 rings (SSSR count). The molecule has 0 amide bonds. The Morgan fingerprint density at radius 3 is 1.97 bits per heavy atom. The van der Waals surface area contributed by atoms with E-state index < -0.39 is 0 Å². The first-order chi connectivity index (χ1) is 16.6. The van der Waals surface area contributed by atoms with Crippen LogP contribution in [-0.4, -0.2) is 45.4 Å². The summed E-state index contributed by atoms with van der Waals surface area (Å²) < 4.78 is 24.2. The van der Waals surface area contributed by atoms with Crippen molar-refractivity contribution in [1.29, 1.82) is 0 Å². The predicted molar refractivity (Wildman–Crippen MR) is 147 cm³/mol. The first-order valence-electron chi connectivity index (χ1n) is 11.5. The molecule has 0 aliphatic carbocycles. The number of benzene rings is 3. The molecule has 0 unspecified atom stereocenters. The predicted octanol–water partition coefficient (Wildman–Crippen LogP) is 7.52. The Morgan fingerprint density at radius 2 is 1.34 bits per heavy atom. The number of likely N-dealkylation sites (N-methyl/N-ethyl adjacent to an activating group) is 1. The molecule has 186 valence electrons. The summed E-state index contributed by atoms with van der Waals surface area (Å²) in [5.41, 5.74) is 1.08. The molecule has 0 aliphatic rings. The van der Waals surface area contributed by atoms with Crippen molar-refractivity contribution in [1.82, 2.24) is 4.90 Å². The van der Waals surface area contributed by atoms with E-state index in [0.29, 0.717) is 6.61 Å². The molecule has 0 radical (unpaired) electrons. The molecular formula is C28H32ClNO4S. The second kappa shape index (κ2) is 12.7. The van der Waals surface area contributed by atoms with Gasteiger partial charge in [-0.25, -0.2) is 0 Å². The van der Waals surface area contributed by atoms with Crippen LogP contribution in [0.25, 0.3) is 20.5 Å². The average molecular weight is 514 g/mol. The fourth-order valence-corrected chi connectivity index (χ4v) is 4.93. The number of thiophene rings is 1. The SMILES string of the molecule is CCN(CC)CCOc1ccc(Oc2c(-c3ccc(OC)cc3)sc3cc(OC)ccc23)cc1.Cl. The summed E-state index contributed by atoms with van der Waals surface area (Å²) in [5, 5.41) is 1.05. The van der Waals surface area contributed by atoms with E-state index in [4.69, 9.17) is 18.9 Å². The van der Waals surface area contributed by atoms with Gasteiger partial charge < -0.3 is 23.8 Å². The first kappa shape index (κ1) is 26.7. The van der Waals surface area contributed by atoms with Gasteiger partial charge in [-0.05, 0) is 85.4 Å². The van der Waals surface area contributed by atoms with Gasteiger partial charge in [-0.15, -0.1) is 23.7 Å². The summed E-state index contributed by atoms with van der Waals surface area (Å²) in [6.07, 6.45) is 0. The Kier molecular flexibility index (Phi) is 9.66. The number of fused-ring (bicyclic) bond motifs is 1. The lowest BCUT2D eigenvalue weighted by Crippen LogP contribution is -2.27. The molecule has 4 aromatic rings. The van der Waals surface area contributed by atoms with E-state index >= 15 is 0 Å². The van der Waals surface area contributed by atoms with Crippen LogP contribution >= 0.6 is 23.7 Å². The van der Waals surface area contributed by atoms with Gasteiger partial charge in [-0.3, -0.25) is 0 Å². The minimum Gasteiger partial charge on any atom is -0.497 e. The van der Waals surface area contributed by atoms with Crippen LogP contribution in [0.15, 0.2) is 66.7 Å². The lowest BCUT2D eigenvalue weighted by molar-refractivity contribution is 0.222. The molecule has 1 heterocycles. The number of hydrogen-bond donors (Lipinski definition) is 0. The van der Waals surface area contributed by atoms with E-state index in [-0.39, 0.29) is 12.4 Å². The quantitative estimate of drug-likeness (QED) is 0.207. The van der Waals surface area contributed by atoms with Crippen LogP contribution < -0.4 is 18.9 Å². The zero-order chi connectivity index (χ0) is 23.9. The second-order valence-electron chi connectivity index (χ2n) is 7.80. The van der Waals surface area contributed by atoms with Crippen LogP contribution in [0.1, 0.15) is 13.8 Å². The van der Waals surface area contributed by atoms with Crippen molar-refractivity contribution in [2.45, 2.75) is 13.8 Å². The molecule has 0 saturated heterocycles. The summed E-state index contributed by atoms with van der Waals surface area (Å²) >= 11 is 1.69. The van der Waals surface area contributed by atoms with Gasteiger partial charge >= 0.3 is 0 Å². The molecule has 0 N–H and O–H groups in total. The van der Waals surface area contributed by atoms with Gasteiger partial charge in [-0.1, -0.05) is 13.8 Å². The maximum Gasteiger partial charge on any atom is 0.153 e. The second-order valence-corrected chi connectivity index (χ2v) is 8.85. The van der Waals surface area contributed by atoms with Crippen LogP contribution in [-0.2, 0) is 0 Å². The van der Waals surface area contributed by atoms with Crippen molar-refractivity contribution in [3.8, 4) is 39.2 Å². The summed E-state index contributed by atoms with van der Waals surface area (Å²) in [6.45, 7) is 7.98. The van der Waals surface area contributed by atoms with Crippen molar-refractivity contribution in [3.05, 3.63) is 66.7 Å². The fraction of sp³-hybridized carbons (Fsp3) is 0.286. The van der Waals surface area contributed by atoms with Crippen molar-refractivity contribution in [2.24, 2.45) is 0 Å². The van der Waals surface area contributed by atoms with Crippen molar-refractivity contribution < 1.29 is 18.9 Å². The average Bonchev–Trinajstić information content (AvgIpc) is 3.25. The largest absolute Gasteiger partial charge is 0.497 e. The highest BCUT2D eigenvalue weighted by atomic mass is 35.5. The molecule has 0 aliphatic heterocycles. The van der Waals surface area contributed by atoms with Crippen LogP contribution in [0.3, 0.4) is 0 Å². The normalized spacial score (nSPS) is 10.8. The summed E-state index contributed by atoms with van der Waals surface area (Å²) in [5.74, 6) is 4.09. The summed E-state index contributed by atoms with van der Waals surface area (Å²) in [6, 6.07) is 21.9. The molecule has 0 bridgehead atoms. The van der Waals surface area contributed by atoms with Crippen molar-refractivity contribution in [3.63, 3.8) is 0 Å². The maximum atomic E-state index is 6.45. The van der Waals surface area contributed by atoms with Gasteiger partial charge in [-0.2, -0.15) is 0 Å². The van der Waals surface area contributed by atoms with Gasteiger partial charge in [0.1, 0.15) is 29.6 Å². The number of methoxy groups -OCH3 is 2. The third-order valence-electron chi connectivity index (χ3n) is 5.82. The van der Waals surface area contributed by atoms with Gasteiger partial charge in [0.25, 0.3) is 0 Å². The Hall–Kier alpha value is -2.93. The smallest absolute Gasteiger partial charge is 0.153 e.